The van der Waals surface area contributed by atoms with E-state index in [4.69, 9.17) is 9.92 Å². The molecule has 1 aliphatic rings. The number of amides is 1. The quantitative estimate of drug-likeness (QED) is 0.592. The SMILES string of the molecule is CN1C(=O)C(c2cccc(OS(C)(=O)=O)c2)(c2ccc(F)c(-c3cccnc3)c2)N=C1N. The summed E-state index contributed by atoms with van der Waals surface area (Å²) in [7, 11) is -2.32. The van der Waals surface area contributed by atoms with E-state index < -0.39 is 27.4 Å². The maximum absolute atomic E-state index is 14.7. The van der Waals surface area contributed by atoms with Gasteiger partial charge in [-0.25, -0.2) is 9.38 Å². The monoisotopic (exact) mass is 454 g/mol. The average molecular weight is 454 g/mol. The number of carbonyl (C=O) groups is 1. The molecule has 0 fully saturated rings. The average Bonchev–Trinajstić information content (AvgIpc) is 2.98. The first-order chi connectivity index (χ1) is 15.1. The number of likely N-dealkylation sites (N-methyl/N-ethyl adjacent to an activating group) is 1. The summed E-state index contributed by atoms with van der Waals surface area (Å²) in [5, 5.41) is 0. The van der Waals surface area contributed by atoms with Crippen LogP contribution in [0, 0.1) is 5.82 Å². The second-order valence-electron chi connectivity index (χ2n) is 7.30. The molecule has 0 radical (unpaired) electrons. The number of benzene rings is 2. The van der Waals surface area contributed by atoms with Crippen molar-refractivity contribution >= 4 is 22.0 Å². The number of guanidine groups is 1. The highest BCUT2D eigenvalue weighted by atomic mass is 32.2. The molecule has 1 unspecified atom stereocenters. The number of aromatic nitrogens is 1. The van der Waals surface area contributed by atoms with Crippen molar-refractivity contribution in [2.24, 2.45) is 10.7 Å². The largest absolute Gasteiger partial charge is 0.383 e. The maximum Gasteiger partial charge on any atom is 0.306 e. The number of nitrogens with two attached hydrogens (primary N) is 1. The van der Waals surface area contributed by atoms with E-state index in [0.717, 1.165) is 6.26 Å². The first kappa shape index (κ1) is 21.4. The number of rotatable bonds is 5. The van der Waals surface area contributed by atoms with Gasteiger partial charge in [0.25, 0.3) is 5.91 Å². The van der Waals surface area contributed by atoms with Gasteiger partial charge in [0.1, 0.15) is 11.6 Å². The van der Waals surface area contributed by atoms with Crippen LogP contribution in [0.5, 0.6) is 5.75 Å². The van der Waals surface area contributed by atoms with E-state index in [1.165, 1.54) is 48.5 Å². The van der Waals surface area contributed by atoms with Gasteiger partial charge in [-0.15, -0.1) is 0 Å². The molecule has 1 aliphatic heterocycles. The van der Waals surface area contributed by atoms with Gasteiger partial charge in [0.2, 0.25) is 0 Å². The summed E-state index contributed by atoms with van der Waals surface area (Å²) in [4.78, 5) is 23.1. The van der Waals surface area contributed by atoms with Crippen LogP contribution in [0.15, 0.2) is 72.0 Å². The molecular formula is C22H19FN4O4S. The Hall–Kier alpha value is -3.79. The first-order valence-electron chi connectivity index (χ1n) is 9.46. The lowest BCUT2D eigenvalue weighted by Gasteiger charge is -2.27. The molecule has 32 heavy (non-hydrogen) atoms. The second kappa shape index (κ2) is 7.72. The van der Waals surface area contributed by atoms with Gasteiger partial charge in [-0.2, -0.15) is 8.42 Å². The van der Waals surface area contributed by atoms with Crippen LogP contribution >= 0.6 is 0 Å². The minimum absolute atomic E-state index is 0.00935. The van der Waals surface area contributed by atoms with Crippen molar-refractivity contribution in [2.45, 2.75) is 5.54 Å². The van der Waals surface area contributed by atoms with Crippen LogP contribution in [0.1, 0.15) is 11.1 Å². The highest BCUT2D eigenvalue weighted by Gasteiger charge is 2.50. The molecule has 0 aliphatic carbocycles. The van der Waals surface area contributed by atoms with Gasteiger partial charge in [-0.3, -0.25) is 14.7 Å². The maximum atomic E-state index is 14.7. The summed E-state index contributed by atoms with van der Waals surface area (Å²) >= 11 is 0. The molecule has 3 aromatic rings. The second-order valence-corrected chi connectivity index (χ2v) is 8.87. The van der Waals surface area contributed by atoms with E-state index in [2.05, 4.69) is 9.98 Å². The van der Waals surface area contributed by atoms with Crippen molar-refractivity contribution in [1.29, 1.82) is 0 Å². The van der Waals surface area contributed by atoms with Crippen molar-refractivity contribution < 1.29 is 21.8 Å². The number of nitrogens with zero attached hydrogens (tertiary/aromatic N) is 3. The molecule has 10 heteroatoms. The lowest BCUT2D eigenvalue weighted by Crippen LogP contribution is -2.41. The number of aliphatic imine (C=N–C) groups is 1. The normalized spacial score (nSPS) is 18.5. The van der Waals surface area contributed by atoms with Crippen molar-refractivity contribution in [1.82, 2.24) is 9.88 Å². The van der Waals surface area contributed by atoms with Crippen LogP contribution in [-0.4, -0.2) is 43.5 Å². The molecule has 1 aromatic heterocycles. The summed E-state index contributed by atoms with van der Waals surface area (Å²) in [6, 6.07) is 13.6. The lowest BCUT2D eigenvalue weighted by molar-refractivity contribution is -0.129. The minimum atomic E-state index is -3.80. The summed E-state index contributed by atoms with van der Waals surface area (Å²) in [5.74, 6) is -0.996. The Kier molecular flexibility index (Phi) is 5.17. The van der Waals surface area contributed by atoms with Crippen LogP contribution in [0.3, 0.4) is 0 Å². The fraction of sp³-hybridized carbons (Fsp3) is 0.136. The molecule has 164 valence electrons. The molecule has 4 rings (SSSR count). The van der Waals surface area contributed by atoms with E-state index >= 15 is 0 Å². The van der Waals surface area contributed by atoms with Crippen molar-refractivity contribution in [3.63, 3.8) is 0 Å². The number of halogens is 1. The smallest absolute Gasteiger partial charge is 0.306 e. The Balaban J connectivity index is 1.95. The van der Waals surface area contributed by atoms with Crippen molar-refractivity contribution in [2.75, 3.05) is 13.3 Å². The van der Waals surface area contributed by atoms with Gasteiger partial charge in [0.15, 0.2) is 11.5 Å². The van der Waals surface area contributed by atoms with Gasteiger partial charge in [0.05, 0.1) is 6.26 Å². The van der Waals surface area contributed by atoms with E-state index in [1.807, 2.05) is 0 Å². The van der Waals surface area contributed by atoms with E-state index in [9.17, 15) is 17.6 Å². The summed E-state index contributed by atoms with van der Waals surface area (Å²) in [6.45, 7) is 0. The van der Waals surface area contributed by atoms with Gasteiger partial charge >= 0.3 is 10.1 Å². The molecule has 8 nitrogen and oxygen atoms in total. The minimum Gasteiger partial charge on any atom is -0.383 e. The van der Waals surface area contributed by atoms with Crippen molar-refractivity contribution in [3.8, 4) is 16.9 Å². The molecule has 0 bridgehead atoms. The predicted molar refractivity (Wildman–Crippen MR) is 117 cm³/mol. The summed E-state index contributed by atoms with van der Waals surface area (Å²) in [6.07, 6.45) is 4.00. The molecule has 2 aromatic carbocycles. The zero-order chi connectivity index (χ0) is 23.1. The third kappa shape index (κ3) is 3.69. The van der Waals surface area contributed by atoms with E-state index in [-0.39, 0.29) is 17.3 Å². The Morgan fingerprint density at radius 1 is 1.09 bits per heavy atom. The third-order valence-corrected chi connectivity index (χ3v) is 5.59. The Bertz CT molecular complexity index is 1350. The molecule has 2 heterocycles. The summed E-state index contributed by atoms with van der Waals surface area (Å²) in [5.41, 5.74) is 5.75. The highest BCUT2D eigenvalue weighted by molar-refractivity contribution is 7.86. The van der Waals surface area contributed by atoms with Gasteiger partial charge in [0, 0.05) is 30.6 Å². The van der Waals surface area contributed by atoms with Crippen LogP contribution in [0.4, 0.5) is 4.39 Å². The molecule has 1 amide bonds. The van der Waals surface area contributed by atoms with Crippen LogP contribution in [0.2, 0.25) is 0 Å². The van der Waals surface area contributed by atoms with Crippen LogP contribution in [-0.2, 0) is 20.5 Å². The first-order valence-corrected chi connectivity index (χ1v) is 11.3. The van der Waals surface area contributed by atoms with Gasteiger partial charge in [-0.05, 0) is 41.5 Å². The summed E-state index contributed by atoms with van der Waals surface area (Å²) < 4.78 is 42.9. The molecular weight excluding hydrogens is 435 g/mol. The molecule has 1 atom stereocenters. The Morgan fingerprint density at radius 2 is 1.84 bits per heavy atom. The van der Waals surface area contributed by atoms with E-state index in [1.54, 1.807) is 30.5 Å². The molecule has 0 spiro atoms. The number of hydrogen-bond acceptors (Lipinski definition) is 7. The lowest BCUT2D eigenvalue weighted by atomic mass is 9.81. The van der Waals surface area contributed by atoms with Crippen LogP contribution < -0.4 is 9.92 Å². The number of pyridine rings is 1. The zero-order valence-electron chi connectivity index (χ0n) is 17.2. The molecule has 0 saturated carbocycles. The standard InChI is InChI=1S/C22H19FN4O4S/c1-27-20(28)22(26-21(27)24,15-6-3-7-17(11-15)31-32(2,29)30)16-8-9-19(23)18(12-16)14-5-4-10-25-13-14/h3-13H,1-2H3,(H2,24,26). The topological polar surface area (TPSA) is 115 Å². The van der Waals surface area contributed by atoms with Crippen molar-refractivity contribution in [3.05, 3.63) is 83.9 Å². The fourth-order valence-electron chi connectivity index (χ4n) is 3.63. The van der Waals surface area contributed by atoms with E-state index in [0.29, 0.717) is 16.7 Å². The Morgan fingerprint density at radius 3 is 2.47 bits per heavy atom. The Labute approximate surface area is 184 Å². The molecule has 0 saturated heterocycles. The molecule has 2 N–H and O–H groups in total. The van der Waals surface area contributed by atoms with Crippen LogP contribution in [0.25, 0.3) is 11.1 Å². The predicted octanol–water partition coefficient (Wildman–Crippen LogP) is 2.26. The zero-order valence-corrected chi connectivity index (χ0v) is 18.0. The number of hydrogen-bond donors (Lipinski definition) is 1. The van der Waals surface area contributed by atoms with Gasteiger partial charge < -0.3 is 9.92 Å². The van der Waals surface area contributed by atoms with Gasteiger partial charge in [-0.1, -0.05) is 24.3 Å². The highest BCUT2D eigenvalue weighted by Crippen LogP contribution is 2.42. The third-order valence-electron chi connectivity index (χ3n) is 5.10. The fourth-order valence-corrected chi connectivity index (χ4v) is 4.08. The number of carbonyl (C=O) groups excluding carboxylic acids is 1.